The molecule has 5 nitrogen and oxygen atoms in total. The van der Waals surface area contributed by atoms with Crippen LogP contribution in [0.1, 0.15) is 25.7 Å². The highest BCUT2D eigenvalue weighted by Gasteiger charge is 2.20. The van der Waals surface area contributed by atoms with E-state index in [1.807, 2.05) is 0 Å². The Bertz CT molecular complexity index is 204. The van der Waals surface area contributed by atoms with Crippen molar-refractivity contribution in [3.8, 4) is 0 Å². The zero-order valence-electron chi connectivity index (χ0n) is 8.08. The molecule has 2 aliphatic rings. The summed E-state index contributed by atoms with van der Waals surface area (Å²) in [6, 6.07) is -0.269. The second kappa shape index (κ2) is 5.59. The van der Waals surface area contributed by atoms with Crippen molar-refractivity contribution in [2.75, 3.05) is 13.1 Å². The van der Waals surface area contributed by atoms with Gasteiger partial charge >= 0.3 is 5.97 Å². The number of hydrogen-bond acceptors (Lipinski definition) is 3. The lowest BCUT2D eigenvalue weighted by Gasteiger charge is -1.99. The molecule has 0 saturated carbocycles. The predicted octanol–water partition coefficient (Wildman–Crippen LogP) is -0.281. The molecule has 5 heteroatoms. The number of rotatable bonds is 1. The Kier molecular flexibility index (Phi) is 4.39. The van der Waals surface area contributed by atoms with E-state index in [0.29, 0.717) is 0 Å². The molecule has 14 heavy (non-hydrogen) atoms. The first kappa shape index (κ1) is 11.0. The van der Waals surface area contributed by atoms with Gasteiger partial charge in [-0.05, 0) is 25.8 Å². The Labute approximate surface area is 82.9 Å². The number of carbonyl (C=O) groups excluding carboxylic acids is 1. The summed E-state index contributed by atoms with van der Waals surface area (Å²) >= 11 is 0. The maximum absolute atomic E-state index is 10.1. The monoisotopic (exact) mass is 200 g/mol. The Morgan fingerprint density at radius 3 is 2.36 bits per heavy atom. The van der Waals surface area contributed by atoms with Crippen molar-refractivity contribution in [3.05, 3.63) is 0 Å². The number of hydrogen-bond donors (Lipinski definition) is 3. The van der Waals surface area contributed by atoms with Crippen LogP contribution in [0, 0.1) is 0 Å². The van der Waals surface area contributed by atoms with Crippen LogP contribution in [0.4, 0.5) is 0 Å². The van der Waals surface area contributed by atoms with Gasteiger partial charge in [-0.2, -0.15) is 0 Å². The summed E-state index contributed by atoms with van der Waals surface area (Å²) in [4.78, 5) is 20.3. The molecule has 0 radical (unpaired) electrons. The van der Waals surface area contributed by atoms with Gasteiger partial charge in [0.15, 0.2) is 0 Å². The quantitative estimate of drug-likeness (QED) is 0.544. The van der Waals surface area contributed by atoms with Crippen molar-refractivity contribution in [1.82, 2.24) is 10.6 Å². The molecule has 0 bridgehead atoms. The summed E-state index contributed by atoms with van der Waals surface area (Å²) in [5.41, 5.74) is 0. The van der Waals surface area contributed by atoms with Crippen molar-refractivity contribution in [3.63, 3.8) is 0 Å². The van der Waals surface area contributed by atoms with Gasteiger partial charge in [-0.1, -0.05) is 0 Å². The summed E-state index contributed by atoms with van der Waals surface area (Å²) in [6.45, 7) is 1.75. The van der Waals surface area contributed by atoms with Crippen LogP contribution < -0.4 is 10.6 Å². The van der Waals surface area contributed by atoms with E-state index >= 15 is 0 Å². The molecule has 2 heterocycles. The van der Waals surface area contributed by atoms with Crippen LogP contribution in [0.15, 0.2) is 0 Å². The molecule has 0 unspecified atom stereocenters. The van der Waals surface area contributed by atoms with Crippen molar-refractivity contribution in [2.45, 2.75) is 31.7 Å². The minimum absolute atomic E-state index is 0.204. The third-order valence-electron chi connectivity index (χ3n) is 2.26. The van der Waals surface area contributed by atoms with Crippen molar-refractivity contribution < 1.29 is 14.7 Å². The molecular weight excluding hydrogens is 184 g/mol. The lowest BCUT2D eigenvalue weighted by Crippen LogP contribution is -2.29. The summed E-state index contributed by atoms with van der Waals surface area (Å²) in [5.74, 6) is -0.516. The maximum Gasteiger partial charge on any atom is 0.320 e. The van der Waals surface area contributed by atoms with Crippen LogP contribution in [-0.2, 0) is 9.59 Å². The third-order valence-corrected chi connectivity index (χ3v) is 2.26. The van der Waals surface area contributed by atoms with Gasteiger partial charge in [-0.25, -0.2) is 0 Å². The van der Waals surface area contributed by atoms with Crippen LogP contribution in [0.25, 0.3) is 0 Å². The van der Waals surface area contributed by atoms with Crippen molar-refractivity contribution >= 4 is 11.9 Å². The van der Waals surface area contributed by atoms with Gasteiger partial charge in [-0.3, -0.25) is 9.59 Å². The van der Waals surface area contributed by atoms with Crippen LogP contribution in [-0.4, -0.2) is 36.1 Å². The summed E-state index contributed by atoms with van der Waals surface area (Å²) in [6.07, 6.45) is 3.55. The Morgan fingerprint density at radius 1 is 1.36 bits per heavy atom. The molecule has 0 spiro atoms. The fourth-order valence-corrected chi connectivity index (χ4v) is 1.46. The Morgan fingerprint density at radius 2 is 2.14 bits per heavy atom. The maximum atomic E-state index is 10.1. The van der Waals surface area contributed by atoms with E-state index in [1.54, 1.807) is 0 Å². The van der Waals surface area contributed by atoms with Gasteiger partial charge in [0.05, 0.1) is 0 Å². The first-order chi connectivity index (χ1) is 6.70. The molecule has 2 fully saturated rings. The van der Waals surface area contributed by atoms with Crippen LogP contribution in [0.3, 0.4) is 0 Å². The van der Waals surface area contributed by atoms with Gasteiger partial charge < -0.3 is 15.7 Å². The fourth-order valence-electron chi connectivity index (χ4n) is 1.46. The minimum atomic E-state index is -0.720. The molecule has 0 aromatic rings. The number of carboxylic acids is 1. The number of carbonyl (C=O) groups is 2. The molecule has 1 amide bonds. The minimum Gasteiger partial charge on any atom is -0.480 e. The molecule has 2 saturated heterocycles. The molecule has 0 aliphatic carbocycles. The highest BCUT2D eigenvalue weighted by molar-refractivity contribution is 5.77. The van der Waals surface area contributed by atoms with E-state index in [1.165, 1.54) is 0 Å². The van der Waals surface area contributed by atoms with E-state index in [9.17, 15) is 9.59 Å². The molecular formula is C9H16N2O3. The largest absolute Gasteiger partial charge is 0.480 e. The predicted molar refractivity (Wildman–Crippen MR) is 50.9 cm³/mol. The van der Waals surface area contributed by atoms with Crippen LogP contribution in [0.5, 0.6) is 0 Å². The molecule has 1 atom stereocenters. The normalized spacial score (nSPS) is 25.1. The number of nitrogens with one attached hydrogen (secondary N) is 2. The fraction of sp³-hybridized carbons (Fsp3) is 0.778. The number of aliphatic carboxylic acids is 1. The number of carboxylic acid groups (broad SMARTS) is 1. The average molecular weight is 200 g/mol. The standard InChI is InChI=1S/C5H9NO2.C4H7NO/c7-5(8)4-2-1-3-6-4;6-4-2-1-3-5-4/h4,6H,1-3H2,(H,7,8);1-3H2,(H,5,6)/t4-;/m0./s1. The molecule has 0 aromatic heterocycles. The highest BCUT2D eigenvalue weighted by atomic mass is 16.4. The average Bonchev–Trinajstić information content (AvgIpc) is 2.75. The second-order valence-corrected chi connectivity index (χ2v) is 3.44. The van der Waals surface area contributed by atoms with Gasteiger partial charge in [0.1, 0.15) is 6.04 Å². The Balaban J connectivity index is 0.000000146. The van der Waals surface area contributed by atoms with Gasteiger partial charge in [0, 0.05) is 13.0 Å². The van der Waals surface area contributed by atoms with E-state index in [2.05, 4.69) is 10.6 Å². The second-order valence-electron chi connectivity index (χ2n) is 3.44. The molecule has 2 aliphatic heterocycles. The van der Waals surface area contributed by atoms with Crippen LogP contribution in [0.2, 0.25) is 0 Å². The Hall–Kier alpha value is -1.10. The van der Waals surface area contributed by atoms with Gasteiger partial charge in [-0.15, -0.1) is 0 Å². The zero-order valence-corrected chi connectivity index (χ0v) is 8.08. The molecule has 2 rings (SSSR count). The molecule has 0 aromatic carbocycles. The number of amides is 1. The molecule has 80 valence electrons. The van der Waals surface area contributed by atoms with E-state index in [4.69, 9.17) is 5.11 Å². The lowest BCUT2D eigenvalue weighted by molar-refractivity contribution is -0.139. The summed E-state index contributed by atoms with van der Waals surface area (Å²) < 4.78 is 0. The van der Waals surface area contributed by atoms with Gasteiger partial charge in [0.2, 0.25) is 5.91 Å². The molecule has 3 N–H and O–H groups in total. The lowest BCUT2D eigenvalue weighted by atomic mass is 10.2. The van der Waals surface area contributed by atoms with E-state index in [-0.39, 0.29) is 11.9 Å². The highest BCUT2D eigenvalue weighted by Crippen LogP contribution is 2.03. The third kappa shape index (κ3) is 3.74. The topological polar surface area (TPSA) is 78.4 Å². The first-order valence-corrected chi connectivity index (χ1v) is 4.93. The first-order valence-electron chi connectivity index (χ1n) is 4.93. The van der Waals surface area contributed by atoms with Crippen LogP contribution >= 0.6 is 0 Å². The van der Waals surface area contributed by atoms with Crippen molar-refractivity contribution in [2.24, 2.45) is 0 Å². The summed E-state index contributed by atoms with van der Waals surface area (Å²) in [5, 5.41) is 13.9. The SMILES string of the molecule is O=C(O)[C@@H]1CCCN1.O=C1CCCN1. The van der Waals surface area contributed by atoms with Gasteiger partial charge in [0.25, 0.3) is 0 Å². The van der Waals surface area contributed by atoms with Crippen molar-refractivity contribution in [1.29, 1.82) is 0 Å². The van der Waals surface area contributed by atoms with E-state index < -0.39 is 5.97 Å². The summed E-state index contributed by atoms with van der Waals surface area (Å²) in [7, 11) is 0. The van der Waals surface area contributed by atoms with E-state index in [0.717, 1.165) is 38.8 Å². The smallest absolute Gasteiger partial charge is 0.320 e. The zero-order chi connectivity index (χ0) is 10.4.